The number of nitrogens with one attached hydrogen (secondary N) is 3. The fourth-order valence-electron chi connectivity index (χ4n) is 4.53. The van der Waals surface area contributed by atoms with Crippen molar-refractivity contribution in [3.05, 3.63) is 42.0 Å². The van der Waals surface area contributed by atoms with Crippen molar-refractivity contribution < 1.29 is 23.9 Å². The summed E-state index contributed by atoms with van der Waals surface area (Å²) in [7, 11) is 0. The van der Waals surface area contributed by atoms with Crippen LogP contribution < -0.4 is 25.4 Å². The van der Waals surface area contributed by atoms with Crippen molar-refractivity contribution in [3.63, 3.8) is 0 Å². The number of hydrogen-bond acceptors (Lipinski definition) is 5. The molecule has 3 aliphatic rings. The van der Waals surface area contributed by atoms with E-state index in [2.05, 4.69) is 16.0 Å². The molecule has 33 heavy (non-hydrogen) atoms. The molecule has 2 aromatic carbocycles. The zero-order chi connectivity index (χ0) is 23.1. The van der Waals surface area contributed by atoms with Crippen LogP contribution in [0.2, 0.25) is 0 Å². The highest BCUT2D eigenvalue weighted by Gasteiger charge is 2.40. The zero-order valence-electron chi connectivity index (χ0n) is 18.5. The van der Waals surface area contributed by atoms with E-state index in [9.17, 15) is 14.4 Å². The van der Waals surface area contributed by atoms with E-state index in [0.29, 0.717) is 42.1 Å². The van der Waals surface area contributed by atoms with Gasteiger partial charge in [0.05, 0.1) is 11.3 Å². The average molecular weight is 450 g/mol. The molecule has 5 rings (SSSR count). The molecule has 0 saturated carbocycles. The predicted octanol–water partition coefficient (Wildman–Crippen LogP) is 2.72. The molecule has 2 atom stereocenters. The van der Waals surface area contributed by atoms with Crippen LogP contribution in [0.4, 0.5) is 10.5 Å². The number of rotatable bonds is 3. The van der Waals surface area contributed by atoms with Gasteiger partial charge in [-0.2, -0.15) is 0 Å². The van der Waals surface area contributed by atoms with Crippen LogP contribution in [0.25, 0.3) is 11.1 Å². The molecule has 3 aliphatic heterocycles. The van der Waals surface area contributed by atoms with Gasteiger partial charge in [0.25, 0.3) is 5.91 Å². The quantitative estimate of drug-likeness (QED) is 0.666. The van der Waals surface area contributed by atoms with Gasteiger partial charge in [-0.1, -0.05) is 12.1 Å². The molecule has 0 aromatic heterocycles. The van der Waals surface area contributed by atoms with E-state index >= 15 is 0 Å². The van der Waals surface area contributed by atoms with Crippen molar-refractivity contribution in [1.82, 2.24) is 15.5 Å². The Morgan fingerprint density at radius 2 is 1.85 bits per heavy atom. The first kappa shape index (κ1) is 21.1. The first-order chi connectivity index (χ1) is 15.9. The molecule has 172 valence electrons. The summed E-state index contributed by atoms with van der Waals surface area (Å²) in [6, 6.07) is 10.00. The Hall–Kier alpha value is -3.75. The second-order valence-corrected chi connectivity index (χ2v) is 8.83. The molecular formula is C24H26N4O5. The largest absolute Gasteiger partial charge is 0.454 e. The maximum Gasteiger partial charge on any atom is 0.315 e. The number of amides is 4. The second kappa shape index (κ2) is 8.31. The number of nitrogens with zero attached hydrogens (tertiary/aromatic N) is 1. The second-order valence-electron chi connectivity index (χ2n) is 8.83. The van der Waals surface area contributed by atoms with Crippen molar-refractivity contribution in [3.8, 4) is 22.6 Å². The van der Waals surface area contributed by atoms with Crippen molar-refractivity contribution in [2.75, 3.05) is 18.7 Å². The topological polar surface area (TPSA) is 109 Å². The molecule has 9 heteroatoms. The Balaban J connectivity index is 1.38. The van der Waals surface area contributed by atoms with Gasteiger partial charge in [0.1, 0.15) is 6.04 Å². The molecular weight excluding hydrogens is 424 g/mol. The van der Waals surface area contributed by atoms with E-state index in [1.54, 1.807) is 17.0 Å². The smallest absolute Gasteiger partial charge is 0.315 e. The summed E-state index contributed by atoms with van der Waals surface area (Å²) in [5, 5.41) is 8.62. The fourth-order valence-corrected chi connectivity index (χ4v) is 4.53. The highest BCUT2D eigenvalue weighted by atomic mass is 16.7. The third-order valence-corrected chi connectivity index (χ3v) is 6.13. The van der Waals surface area contributed by atoms with E-state index in [1.807, 2.05) is 38.1 Å². The van der Waals surface area contributed by atoms with E-state index in [0.717, 1.165) is 11.1 Å². The molecule has 0 bridgehead atoms. The van der Waals surface area contributed by atoms with Crippen molar-refractivity contribution in [1.29, 1.82) is 0 Å². The van der Waals surface area contributed by atoms with Gasteiger partial charge in [-0.25, -0.2) is 4.79 Å². The van der Waals surface area contributed by atoms with E-state index in [1.165, 1.54) is 0 Å². The standard InChI is InChI=1S/C24H26N4O5/c1-13(2)25-24(31)26-16-7-8-28-19(11-16)22(29)27-18-5-3-14(9-17(18)23(28)30)15-4-6-20-21(10-15)33-12-32-20/h3-6,9-10,13,16,19H,7-8,11-12H2,1-2H3,(H,27,29)(H2,25,26,31)/t16-,19-/m0/s1. The summed E-state index contributed by atoms with van der Waals surface area (Å²) in [5.41, 5.74) is 2.67. The number of benzene rings is 2. The van der Waals surface area contributed by atoms with Crippen LogP contribution in [0.15, 0.2) is 36.4 Å². The van der Waals surface area contributed by atoms with Gasteiger partial charge >= 0.3 is 6.03 Å². The van der Waals surface area contributed by atoms with E-state index in [-0.39, 0.29) is 36.7 Å². The summed E-state index contributed by atoms with van der Waals surface area (Å²) in [6.45, 7) is 4.35. The fraction of sp³-hybridized carbons (Fsp3) is 0.375. The first-order valence-corrected chi connectivity index (χ1v) is 11.1. The Morgan fingerprint density at radius 1 is 1.09 bits per heavy atom. The normalized spacial score (nSPS) is 21.1. The Morgan fingerprint density at radius 3 is 2.67 bits per heavy atom. The van der Waals surface area contributed by atoms with Gasteiger partial charge in [0, 0.05) is 18.6 Å². The number of anilines is 1. The summed E-state index contributed by atoms with van der Waals surface area (Å²) in [5.74, 6) is 0.922. The first-order valence-electron chi connectivity index (χ1n) is 11.1. The van der Waals surface area contributed by atoms with Gasteiger partial charge < -0.3 is 30.3 Å². The predicted molar refractivity (Wildman–Crippen MR) is 121 cm³/mol. The zero-order valence-corrected chi connectivity index (χ0v) is 18.5. The van der Waals surface area contributed by atoms with Crippen LogP contribution in [0.5, 0.6) is 11.5 Å². The maximum atomic E-state index is 13.5. The van der Waals surface area contributed by atoms with Crippen molar-refractivity contribution in [2.24, 2.45) is 0 Å². The number of ether oxygens (including phenoxy) is 2. The third-order valence-electron chi connectivity index (χ3n) is 6.13. The molecule has 0 aliphatic carbocycles. The summed E-state index contributed by atoms with van der Waals surface area (Å²) < 4.78 is 10.8. The molecule has 3 heterocycles. The molecule has 3 N–H and O–H groups in total. The molecule has 0 unspecified atom stereocenters. The number of hydrogen-bond donors (Lipinski definition) is 3. The molecule has 1 fully saturated rings. The highest BCUT2D eigenvalue weighted by molar-refractivity contribution is 6.10. The number of urea groups is 1. The lowest BCUT2D eigenvalue weighted by atomic mass is 9.96. The number of fused-ring (bicyclic) bond motifs is 3. The van der Waals surface area contributed by atoms with Gasteiger partial charge in [0.2, 0.25) is 12.7 Å². The Bertz CT molecular complexity index is 1130. The van der Waals surface area contributed by atoms with Gasteiger partial charge in [-0.3, -0.25) is 9.59 Å². The van der Waals surface area contributed by atoms with Crippen LogP contribution in [0, 0.1) is 0 Å². The molecule has 1 saturated heterocycles. The van der Waals surface area contributed by atoms with Crippen molar-refractivity contribution in [2.45, 2.75) is 44.8 Å². The van der Waals surface area contributed by atoms with Crippen LogP contribution in [0.1, 0.15) is 37.0 Å². The highest BCUT2D eigenvalue weighted by Crippen LogP contribution is 2.37. The minimum Gasteiger partial charge on any atom is -0.454 e. The van der Waals surface area contributed by atoms with Crippen LogP contribution >= 0.6 is 0 Å². The van der Waals surface area contributed by atoms with Crippen LogP contribution in [-0.2, 0) is 4.79 Å². The monoisotopic (exact) mass is 450 g/mol. The summed E-state index contributed by atoms with van der Waals surface area (Å²) in [6.07, 6.45) is 0.949. The molecule has 9 nitrogen and oxygen atoms in total. The molecule has 0 radical (unpaired) electrons. The van der Waals surface area contributed by atoms with Crippen LogP contribution in [-0.4, -0.2) is 54.2 Å². The number of carbonyl (C=O) groups excluding carboxylic acids is 3. The average Bonchev–Trinajstić information content (AvgIpc) is 3.22. The third kappa shape index (κ3) is 4.06. The summed E-state index contributed by atoms with van der Waals surface area (Å²) in [4.78, 5) is 40.1. The lowest BCUT2D eigenvalue weighted by Crippen LogP contribution is -2.56. The minimum atomic E-state index is -0.642. The van der Waals surface area contributed by atoms with E-state index in [4.69, 9.17) is 9.47 Å². The van der Waals surface area contributed by atoms with Crippen LogP contribution in [0.3, 0.4) is 0 Å². The lowest BCUT2D eigenvalue weighted by Gasteiger charge is -2.37. The van der Waals surface area contributed by atoms with E-state index < -0.39 is 6.04 Å². The Kier molecular flexibility index (Phi) is 5.32. The number of carbonyl (C=O) groups is 3. The minimum absolute atomic E-state index is 0.0151. The maximum absolute atomic E-state index is 13.5. The molecule has 4 amide bonds. The lowest BCUT2D eigenvalue weighted by molar-refractivity contribution is -0.121. The van der Waals surface area contributed by atoms with Gasteiger partial charge in [-0.05, 0) is 62.1 Å². The SMILES string of the molecule is CC(C)NC(=O)N[C@H]1CCN2C(=O)c3cc(-c4ccc5c(c4)OCO5)ccc3NC(=O)[C@@H]2C1. The van der Waals surface area contributed by atoms with Gasteiger partial charge in [0.15, 0.2) is 11.5 Å². The summed E-state index contributed by atoms with van der Waals surface area (Å²) >= 11 is 0. The Labute approximate surface area is 191 Å². The van der Waals surface area contributed by atoms with Crippen molar-refractivity contribution >= 4 is 23.5 Å². The number of piperidine rings is 1. The molecule has 0 spiro atoms. The molecule has 2 aromatic rings. The van der Waals surface area contributed by atoms with Gasteiger partial charge in [-0.15, -0.1) is 0 Å².